The van der Waals surface area contributed by atoms with E-state index in [1.807, 2.05) is 6.92 Å². The predicted octanol–water partition coefficient (Wildman–Crippen LogP) is 3.73. The average Bonchev–Trinajstić information content (AvgIpc) is 2.68. The first-order valence-corrected chi connectivity index (χ1v) is 6.87. The van der Waals surface area contributed by atoms with Crippen LogP contribution in [0.15, 0.2) is 12.1 Å². The summed E-state index contributed by atoms with van der Waals surface area (Å²) in [6.45, 7) is 8.35. The van der Waals surface area contributed by atoms with E-state index < -0.39 is 0 Å². The third-order valence-electron chi connectivity index (χ3n) is 4.18. The number of nitrogens with two attached hydrogens (primary N) is 1. The van der Waals surface area contributed by atoms with Gasteiger partial charge in [-0.25, -0.2) is 0 Å². The minimum absolute atomic E-state index is 0.0557. The summed E-state index contributed by atoms with van der Waals surface area (Å²) in [5, 5.41) is 10.2. The van der Waals surface area contributed by atoms with Crippen LogP contribution in [0.25, 0.3) is 0 Å². The molecule has 1 aromatic rings. The first-order chi connectivity index (χ1) is 8.24. The molecule has 0 atom stereocenters. The molecule has 0 saturated heterocycles. The van der Waals surface area contributed by atoms with Gasteiger partial charge in [0, 0.05) is 5.54 Å². The van der Waals surface area contributed by atoms with Gasteiger partial charge in [-0.3, -0.25) is 0 Å². The highest BCUT2D eigenvalue weighted by Gasteiger charge is 2.33. The zero-order valence-corrected chi connectivity index (χ0v) is 12.0. The first-order valence-electron chi connectivity index (χ1n) is 6.87. The van der Waals surface area contributed by atoms with Crippen LogP contribution >= 0.6 is 0 Å². The number of phenols is 1. The van der Waals surface area contributed by atoms with Gasteiger partial charge in [0.15, 0.2) is 0 Å². The highest BCUT2D eigenvalue weighted by molar-refractivity contribution is 5.48. The minimum Gasteiger partial charge on any atom is -0.507 e. The Kier molecular flexibility index (Phi) is 3.18. The summed E-state index contributed by atoms with van der Waals surface area (Å²) in [5.74, 6) is 0.424. The predicted molar refractivity (Wildman–Crippen MR) is 75.9 cm³/mol. The molecular formula is C16H25NO. The van der Waals surface area contributed by atoms with Crippen molar-refractivity contribution in [3.8, 4) is 5.75 Å². The molecule has 18 heavy (non-hydrogen) atoms. The van der Waals surface area contributed by atoms with Gasteiger partial charge in [0.05, 0.1) is 0 Å². The van der Waals surface area contributed by atoms with E-state index in [4.69, 9.17) is 5.73 Å². The molecule has 0 aliphatic heterocycles. The molecule has 1 aliphatic carbocycles. The summed E-state index contributed by atoms with van der Waals surface area (Å²) in [6.07, 6.45) is 4.53. The third-order valence-corrected chi connectivity index (χ3v) is 4.18. The van der Waals surface area contributed by atoms with Gasteiger partial charge in [0.1, 0.15) is 5.75 Å². The van der Waals surface area contributed by atoms with Gasteiger partial charge >= 0.3 is 0 Å². The van der Waals surface area contributed by atoms with Crippen molar-refractivity contribution in [2.75, 3.05) is 0 Å². The Bertz CT molecular complexity index is 451. The quantitative estimate of drug-likeness (QED) is 0.794. The van der Waals surface area contributed by atoms with Crippen LogP contribution in [-0.2, 0) is 11.0 Å². The lowest BCUT2D eigenvalue weighted by molar-refractivity contribution is 0.432. The lowest BCUT2D eigenvalue weighted by Crippen LogP contribution is -2.33. The molecule has 100 valence electrons. The molecule has 1 aliphatic rings. The lowest BCUT2D eigenvalue weighted by atomic mass is 9.80. The van der Waals surface area contributed by atoms with Gasteiger partial charge in [0.25, 0.3) is 0 Å². The number of hydrogen-bond donors (Lipinski definition) is 2. The zero-order chi connectivity index (χ0) is 13.6. The maximum absolute atomic E-state index is 10.2. The van der Waals surface area contributed by atoms with E-state index in [0.29, 0.717) is 5.75 Å². The lowest BCUT2D eigenvalue weighted by Gasteiger charge is -2.29. The van der Waals surface area contributed by atoms with E-state index in [2.05, 4.69) is 32.9 Å². The smallest absolute Gasteiger partial charge is 0.122 e. The third kappa shape index (κ3) is 2.26. The molecule has 1 fully saturated rings. The fourth-order valence-corrected chi connectivity index (χ4v) is 2.93. The molecule has 0 unspecified atom stereocenters. The summed E-state index contributed by atoms with van der Waals surface area (Å²) in [6, 6.07) is 4.18. The van der Waals surface area contributed by atoms with Crippen LogP contribution in [0.3, 0.4) is 0 Å². The van der Waals surface area contributed by atoms with Crippen LogP contribution in [0.1, 0.15) is 63.1 Å². The number of benzene rings is 1. The van der Waals surface area contributed by atoms with Crippen molar-refractivity contribution in [1.29, 1.82) is 0 Å². The molecule has 2 rings (SSSR count). The highest BCUT2D eigenvalue weighted by Crippen LogP contribution is 2.41. The summed E-state index contributed by atoms with van der Waals surface area (Å²) in [5.41, 5.74) is 9.43. The summed E-state index contributed by atoms with van der Waals surface area (Å²) < 4.78 is 0. The molecule has 0 amide bonds. The van der Waals surface area contributed by atoms with Crippen LogP contribution in [0.5, 0.6) is 5.75 Å². The number of aromatic hydroxyl groups is 1. The molecule has 0 bridgehead atoms. The van der Waals surface area contributed by atoms with Crippen LogP contribution in [0.4, 0.5) is 0 Å². The van der Waals surface area contributed by atoms with Gasteiger partial charge < -0.3 is 10.8 Å². The van der Waals surface area contributed by atoms with Crippen molar-refractivity contribution in [2.24, 2.45) is 5.73 Å². The molecule has 0 spiro atoms. The molecule has 0 heterocycles. The Morgan fingerprint density at radius 3 is 2.22 bits per heavy atom. The second-order valence-electron chi connectivity index (χ2n) is 6.80. The summed E-state index contributed by atoms with van der Waals surface area (Å²) in [4.78, 5) is 0. The SMILES string of the molecule is Cc1cc(C2(N)CCCC2)cc(C(C)(C)C)c1O. The Morgan fingerprint density at radius 1 is 1.17 bits per heavy atom. The van der Waals surface area contributed by atoms with Gasteiger partial charge in [-0.2, -0.15) is 0 Å². The van der Waals surface area contributed by atoms with Gasteiger partial charge in [-0.05, 0) is 47.9 Å². The number of hydrogen-bond acceptors (Lipinski definition) is 2. The van der Waals surface area contributed by atoms with Crippen LogP contribution in [0, 0.1) is 6.92 Å². The van der Waals surface area contributed by atoms with Gasteiger partial charge in [0.2, 0.25) is 0 Å². The fourth-order valence-electron chi connectivity index (χ4n) is 2.93. The van der Waals surface area contributed by atoms with Crippen molar-refractivity contribution >= 4 is 0 Å². The maximum atomic E-state index is 10.2. The molecule has 0 radical (unpaired) electrons. The van der Waals surface area contributed by atoms with Crippen LogP contribution in [-0.4, -0.2) is 5.11 Å². The van der Waals surface area contributed by atoms with Crippen molar-refractivity contribution in [1.82, 2.24) is 0 Å². The van der Waals surface area contributed by atoms with Gasteiger partial charge in [-0.1, -0.05) is 39.7 Å². The van der Waals surface area contributed by atoms with E-state index in [-0.39, 0.29) is 11.0 Å². The van der Waals surface area contributed by atoms with E-state index >= 15 is 0 Å². The molecular weight excluding hydrogens is 222 g/mol. The maximum Gasteiger partial charge on any atom is 0.122 e. The van der Waals surface area contributed by atoms with Gasteiger partial charge in [-0.15, -0.1) is 0 Å². The molecule has 2 heteroatoms. The Balaban J connectivity index is 2.54. The first kappa shape index (κ1) is 13.4. The van der Waals surface area contributed by atoms with E-state index in [1.54, 1.807) is 0 Å². The van der Waals surface area contributed by atoms with Crippen LogP contribution < -0.4 is 5.73 Å². The van der Waals surface area contributed by atoms with Crippen LogP contribution in [0.2, 0.25) is 0 Å². The van der Waals surface area contributed by atoms with E-state index in [0.717, 1.165) is 24.0 Å². The number of aryl methyl sites for hydroxylation is 1. The molecule has 1 aromatic carbocycles. The van der Waals surface area contributed by atoms with Crippen molar-refractivity contribution in [3.63, 3.8) is 0 Å². The monoisotopic (exact) mass is 247 g/mol. The second-order valence-corrected chi connectivity index (χ2v) is 6.80. The fraction of sp³-hybridized carbons (Fsp3) is 0.625. The van der Waals surface area contributed by atoms with Crippen molar-refractivity contribution < 1.29 is 5.11 Å². The molecule has 1 saturated carbocycles. The standard InChI is InChI=1S/C16H25NO/c1-11-9-12(16(17)7-5-6-8-16)10-13(14(11)18)15(2,3)4/h9-10,18H,5-8,17H2,1-4H3. The largest absolute Gasteiger partial charge is 0.507 e. The topological polar surface area (TPSA) is 46.2 Å². The zero-order valence-electron chi connectivity index (χ0n) is 12.0. The van der Waals surface area contributed by atoms with E-state index in [9.17, 15) is 5.11 Å². The summed E-state index contributed by atoms with van der Waals surface area (Å²) in [7, 11) is 0. The Labute approximate surface area is 110 Å². The average molecular weight is 247 g/mol. The van der Waals surface area contributed by atoms with Crippen molar-refractivity contribution in [3.05, 3.63) is 28.8 Å². The number of phenolic OH excluding ortho intramolecular Hbond substituents is 1. The molecule has 3 N–H and O–H groups in total. The Hall–Kier alpha value is -1.02. The molecule has 0 aromatic heterocycles. The Morgan fingerprint density at radius 2 is 1.72 bits per heavy atom. The normalized spacial score (nSPS) is 19.2. The number of rotatable bonds is 1. The summed E-state index contributed by atoms with van der Waals surface area (Å²) >= 11 is 0. The van der Waals surface area contributed by atoms with E-state index in [1.165, 1.54) is 18.4 Å². The highest BCUT2D eigenvalue weighted by atomic mass is 16.3. The second kappa shape index (κ2) is 4.27. The minimum atomic E-state index is -0.182. The molecule has 2 nitrogen and oxygen atoms in total. The van der Waals surface area contributed by atoms with Crippen molar-refractivity contribution in [2.45, 2.75) is 64.3 Å².